The lowest BCUT2D eigenvalue weighted by Crippen LogP contribution is -2.45. The maximum Gasteiger partial charge on any atom is 0.231 e. The van der Waals surface area contributed by atoms with Crippen LogP contribution in [0, 0.1) is 11.8 Å². The van der Waals surface area contributed by atoms with Crippen LogP contribution in [0.5, 0.6) is 11.5 Å². The van der Waals surface area contributed by atoms with Crippen molar-refractivity contribution >= 4 is 5.91 Å². The number of hydrogen-bond donors (Lipinski definition) is 4. The van der Waals surface area contributed by atoms with E-state index < -0.39 is 18.1 Å². The summed E-state index contributed by atoms with van der Waals surface area (Å²) in [6, 6.07) is 5.56. The lowest BCUT2D eigenvalue weighted by Gasteiger charge is -2.27. The molecule has 172 valence electrons. The van der Waals surface area contributed by atoms with Crippen molar-refractivity contribution in [3.8, 4) is 11.5 Å². The van der Waals surface area contributed by atoms with Gasteiger partial charge in [-0.05, 0) is 42.4 Å². The Balaban J connectivity index is 2.73. The summed E-state index contributed by atoms with van der Waals surface area (Å²) in [7, 11) is 3.29. The SMILES string of the molecule is COCCCOc1cc(CC(CC(N)C(O)CNCC(N)=O)C(C)C)ccc1OC. The van der Waals surface area contributed by atoms with Crippen molar-refractivity contribution in [2.75, 3.05) is 40.5 Å². The molecule has 1 aromatic carbocycles. The third kappa shape index (κ3) is 9.75. The first-order valence-corrected chi connectivity index (χ1v) is 10.5. The molecule has 0 fully saturated rings. The molecule has 1 aromatic rings. The standard InChI is InChI=1S/C22H39N3O5/c1-15(2)17(12-18(23)19(26)13-25-14-22(24)27)10-16-6-7-20(29-4)21(11-16)30-9-5-8-28-3/h6-7,11,15,17-19,25-26H,5,8-10,12-14,23H2,1-4H3,(H2,24,27). The molecule has 6 N–H and O–H groups in total. The smallest absolute Gasteiger partial charge is 0.231 e. The van der Waals surface area contributed by atoms with E-state index in [2.05, 4.69) is 19.2 Å². The summed E-state index contributed by atoms with van der Waals surface area (Å²) in [5.74, 6) is 1.62. The van der Waals surface area contributed by atoms with Crippen molar-refractivity contribution in [1.82, 2.24) is 5.32 Å². The molecule has 0 heterocycles. The van der Waals surface area contributed by atoms with Gasteiger partial charge in [-0.25, -0.2) is 0 Å². The number of methoxy groups -OCH3 is 2. The molecule has 0 aromatic heterocycles. The Bertz CT molecular complexity index is 627. The van der Waals surface area contributed by atoms with Gasteiger partial charge in [0, 0.05) is 32.7 Å². The van der Waals surface area contributed by atoms with Crippen LogP contribution in [-0.4, -0.2) is 63.7 Å². The topological polar surface area (TPSA) is 129 Å². The Labute approximate surface area is 180 Å². The average Bonchev–Trinajstić information content (AvgIpc) is 2.70. The van der Waals surface area contributed by atoms with Crippen LogP contribution in [0.4, 0.5) is 0 Å². The Morgan fingerprint density at radius 1 is 1.20 bits per heavy atom. The van der Waals surface area contributed by atoms with Gasteiger partial charge in [-0.2, -0.15) is 0 Å². The quantitative estimate of drug-likeness (QED) is 0.292. The zero-order valence-corrected chi connectivity index (χ0v) is 18.7. The van der Waals surface area contributed by atoms with Crippen LogP contribution in [0.3, 0.4) is 0 Å². The first-order valence-electron chi connectivity index (χ1n) is 10.5. The second kappa shape index (κ2) is 14.2. The van der Waals surface area contributed by atoms with Crippen LogP contribution in [0.2, 0.25) is 0 Å². The highest BCUT2D eigenvalue weighted by Crippen LogP contribution is 2.31. The zero-order chi connectivity index (χ0) is 22.5. The van der Waals surface area contributed by atoms with Gasteiger partial charge in [-0.3, -0.25) is 4.79 Å². The summed E-state index contributed by atoms with van der Waals surface area (Å²) in [6.45, 7) is 5.76. The van der Waals surface area contributed by atoms with E-state index in [-0.39, 0.29) is 19.0 Å². The molecule has 1 amide bonds. The molecule has 8 heteroatoms. The van der Waals surface area contributed by atoms with Gasteiger partial charge < -0.3 is 36.1 Å². The van der Waals surface area contributed by atoms with Gasteiger partial charge in [-0.15, -0.1) is 0 Å². The summed E-state index contributed by atoms with van der Waals surface area (Å²) in [4.78, 5) is 10.8. The van der Waals surface area contributed by atoms with Gasteiger partial charge in [0.05, 0.1) is 26.4 Å². The Morgan fingerprint density at radius 3 is 2.53 bits per heavy atom. The third-order valence-corrected chi connectivity index (χ3v) is 5.14. The van der Waals surface area contributed by atoms with Crippen molar-refractivity contribution in [1.29, 1.82) is 0 Å². The molecular formula is C22H39N3O5. The second-order valence-corrected chi connectivity index (χ2v) is 7.95. The fourth-order valence-corrected chi connectivity index (χ4v) is 3.24. The summed E-state index contributed by atoms with van der Waals surface area (Å²) in [5, 5.41) is 13.1. The van der Waals surface area contributed by atoms with E-state index in [0.717, 1.165) is 18.4 Å². The fourth-order valence-electron chi connectivity index (χ4n) is 3.24. The van der Waals surface area contributed by atoms with Gasteiger partial charge >= 0.3 is 0 Å². The van der Waals surface area contributed by atoms with Gasteiger partial charge in [0.2, 0.25) is 5.91 Å². The number of nitrogens with one attached hydrogen (secondary N) is 1. The number of carbonyl (C=O) groups is 1. The Hall–Kier alpha value is -1.87. The lowest BCUT2D eigenvalue weighted by molar-refractivity contribution is -0.117. The number of rotatable bonds is 16. The average molecular weight is 426 g/mol. The zero-order valence-electron chi connectivity index (χ0n) is 18.7. The number of aliphatic hydroxyl groups excluding tert-OH is 1. The fraction of sp³-hybridized carbons (Fsp3) is 0.682. The van der Waals surface area contributed by atoms with E-state index >= 15 is 0 Å². The molecule has 3 atom stereocenters. The molecule has 0 aliphatic rings. The Kier molecular flexibility index (Phi) is 12.4. The molecule has 0 aliphatic heterocycles. The Morgan fingerprint density at radius 2 is 1.93 bits per heavy atom. The van der Waals surface area contributed by atoms with Gasteiger partial charge in [0.15, 0.2) is 11.5 Å². The predicted octanol–water partition coefficient (Wildman–Crippen LogP) is 1.08. The van der Waals surface area contributed by atoms with E-state index in [9.17, 15) is 9.90 Å². The summed E-state index contributed by atoms with van der Waals surface area (Å²) in [5.41, 5.74) is 12.5. The van der Waals surface area contributed by atoms with Crippen molar-refractivity contribution in [3.05, 3.63) is 23.8 Å². The molecule has 0 radical (unpaired) electrons. The molecule has 1 rings (SSSR count). The van der Waals surface area contributed by atoms with Crippen molar-refractivity contribution < 1.29 is 24.1 Å². The molecule has 8 nitrogen and oxygen atoms in total. The summed E-state index contributed by atoms with van der Waals surface area (Å²) < 4.78 is 16.4. The van der Waals surface area contributed by atoms with E-state index in [1.54, 1.807) is 14.2 Å². The number of amides is 1. The first-order chi connectivity index (χ1) is 14.3. The number of aliphatic hydroxyl groups is 1. The van der Waals surface area contributed by atoms with E-state index in [1.807, 2.05) is 18.2 Å². The highest BCUT2D eigenvalue weighted by atomic mass is 16.5. The summed E-state index contributed by atoms with van der Waals surface area (Å²) in [6.07, 6.45) is 1.52. The maximum atomic E-state index is 10.8. The van der Waals surface area contributed by atoms with Crippen LogP contribution in [0.15, 0.2) is 18.2 Å². The number of benzene rings is 1. The van der Waals surface area contributed by atoms with E-state index in [4.69, 9.17) is 25.7 Å². The first kappa shape index (κ1) is 26.2. The number of nitrogens with two attached hydrogens (primary N) is 2. The highest BCUT2D eigenvalue weighted by Gasteiger charge is 2.23. The van der Waals surface area contributed by atoms with Crippen molar-refractivity contribution in [2.24, 2.45) is 23.3 Å². The number of carbonyl (C=O) groups excluding carboxylic acids is 1. The van der Waals surface area contributed by atoms with Crippen LogP contribution in [0.1, 0.15) is 32.3 Å². The van der Waals surface area contributed by atoms with Crippen LogP contribution >= 0.6 is 0 Å². The van der Waals surface area contributed by atoms with Crippen LogP contribution in [-0.2, 0) is 16.0 Å². The largest absolute Gasteiger partial charge is 0.493 e. The van der Waals surface area contributed by atoms with Gasteiger partial charge in [0.25, 0.3) is 0 Å². The monoisotopic (exact) mass is 425 g/mol. The maximum absolute atomic E-state index is 10.8. The number of primary amides is 1. The molecule has 0 bridgehead atoms. The minimum atomic E-state index is -0.749. The number of hydrogen-bond acceptors (Lipinski definition) is 7. The van der Waals surface area contributed by atoms with E-state index in [0.29, 0.717) is 37.1 Å². The molecule has 0 saturated heterocycles. The van der Waals surface area contributed by atoms with Crippen molar-refractivity contribution in [2.45, 2.75) is 45.3 Å². The second-order valence-electron chi connectivity index (χ2n) is 7.95. The minimum Gasteiger partial charge on any atom is -0.493 e. The molecule has 30 heavy (non-hydrogen) atoms. The van der Waals surface area contributed by atoms with Gasteiger partial charge in [-0.1, -0.05) is 19.9 Å². The molecule has 0 aliphatic carbocycles. The predicted molar refractivity (Wildman–Crippen MR) is 118 cm³/mol. The van der Waals surface area contributed by atoms with Crippen molar-refractivity contribution in [3.63, 3.8) is 0 Å². The number of ether oxygens (including phenoxy) is 3. The normalized spacial score (nSPS) is 14.4. The summed E-state index contributed by atoms with van der Waals surface area (Å²) >= 11 is 0. The molecular weight excluding hydrogens is 386 g/mol. The minimum absolute atomic E-state index is 0.0242. The molecule has 0 spiro atoms. The van der Waals surface area contributed by atoms with Crippen LogP contribution < -0.4 is 26.3 Å². The van der Waals surface area contributed by atoms with E-state index in [1.165, 1.54) is 0 Å². The van der Waals surface area contributed by atoms with Crippen LogP contribution in [0.25, 0.3) is 0 Å². The third-order valence-electron chi connectivity index (χ3n) is 5.14. The highest BCUT2D eigenvalue weighted by molar-refractivity contribution is 5.75. The lowest BCUT2D eigenvalue weighted by atomic mass is 9.83. The molecule has 3 unspecified atom stereocenters. The molecule has 0 saturated carbocycles. The van der Waals surface area contributed by atoms with Gasteiger partial charge in [0.1, 0.15) is 0 Å².